The molecule has 0 fully saturated rings. The zero-order valence-electron chi connectivity index (χ0n) is 10.6. The average Bonchev–Trinajstić information content (AvgIpc) is 2.35. The number of benzene rings is 1. The minimum Gasteiger partial charge on any atom is -0.371 e. The molecule has 0 amide bonds. The van der Waals surface area contributed by atoms with Crippen molar-refractivity contribution >= 4 is 27.5 Å². The lowest BCUT2D eigenvalue weighted by Gasteiger charge is -2.14. The Balaban J connectivity index is 3.23. The largest absolute Gasteiger partial charge is 0.534 e. The van der Waals surface area contributed by atoms with Crippen LogP contribution in [0.1, 0.15) is 10.4 Å². The molecule has 0 saturated heterocycles. The van der Waals surface area contributed by atoms with Crippen molar-refractivity contribution in [1.82, 2.24) is 0 Å². The number of ketones is 1. The summed E-state index contributed by atoms with van der Waals surface area (Å²) in [6, 6.07) is 4.27. The molecule has 1 rings (SSSR count). The van der Waals surface area contributed by atoms with E-state index in [9.17, 15) is 39.6 Å². The maximum absolute atomic E-state index is 12.6. The summed E-state index contributed by atoms with van der Waals surface area (Å²) in [6.07, 6.45) is -6.03. The van der Waals surface area contributed by atoms with Crippen LogP contribution in [0.5, 0.6) is 0 Å². The van der Waals surface area contributed by atoms with Crippen LogP contribution in [0.25, 0.3) is 0 Å². The Bertz CT molecular complexity index is 718. The number of carbonyl (C=O) groups is 1. The molecular weight excluding hydrogens is 378 g/mol. The topological polar surface area (TPSA) is 60.4 Å². The second-order valence-electron chi connectivity index (χ2n) is 3.86. The highest BCUT2D eigenvalue weighted by Crippen LogP contribution is 2.33. The molecule has 0 heterocycles. The standard InChI is InChI=1S/C11H5ClF6O4S/c12-7-3-1-6(2-4-7)8(19)5-9(10(13,14)15)22-23(20,21)11(16,17)18/h1-5H. The number of halogens is 7. The molecule has 4 nitrogen and oxygen atoms in total. The van der Waals surface area contributed by atoms with E-state index >= 15 is 0 Å². The van der Waals surface area contributed by atoms with E-state index in [1.165, 1.54) is 0 Å². The molecule has 0 aromatic heterocycles. The van der Waals surface area contributed by atoms with Gasteiger partial charge in [0, 0.05) is 16.7 Å². The lowest BCUT2D eigenvalue weighted by molar-refractivity contribution is -0.119. The van der Waals surface area contributed by atoms with Crippen LogP contribution in [-0.4, -0.2) is 25.9 Å². The van der Waals surface area contributed by atoms with E-state index in [1.807, 2.05) is 0 Å². The van der Waals surface area contributed by atoms with Gasteiger partial charge in [-0.3, -0.25) is 4.79 Å². The first kappa shape index (κ1) is 19.3. The molecule has 0 aliphatic rings. The number of rotatable bonds is 4. The second kappa shape index (κ2) is 6.40. The van der Waals surface area contributed by atoms with Gasteiger partial charge in [-0.05, 0) is 24.3 Å². The highest BCUT2D eigenvalue weighted by Gasteiger charge is 2.52. The van der Waals surface area contributed by atoms with Crippen molar-refractivity contribution in [2.45, 2.75) is 11.7 Å². The number of carbonyl (C=O) groups excluding carboxylic acids is 1. The van der Waals surface area contributed by atoms with Gasteiger partial charge in [-0.2, -0.15) is 34.8 Å². The smallest absolute Gasteiger partial charge is 0.371 e. The van der Waals surface area contributed by atoms with Crippen molar-refractivity contribution in [3.05, 3.63) is 46.7 Å². The molecule has 0 atom stereocenters. The van der Waals surface area contributed by atoms with Crippen molar-refractivity contribution < 1.29 is 43.7 Å². The second-order valence-corrected chi connectivity index (χ2v) is 5.83. The fourth-order valence-electron chi connectivity index (χ4n) is 1.14. The van der Waals surface area contributed by atoms with Gasteiger partial charge in [0.15, 0.2) is 5.78 Å². The van der Waals surface area contributed by atoms with Crippen LogP contribution in [-0.2, 0) is 14.3 Å². The van der Waals surface area contributed by atoms with Gasteiger partial charge in [0.25, 0.3) is 0 Å². The summed E-state index contributed by atoms with van der Waals surface area (Å²) < 4.78 is 98.3. The average molecular weight is 383 g/mol. The molecule has 0 unspecified atom stereocenters. The molecule has 0 bridgehead atoms. The monoisotopic (exact) mass is 382 g/mol. The molecular formula is C11H5ClF6O4S. The summed E-state index contributed by atoms with van der Waals surface area (Å²) in [5, 5.41) is 0.150. The highest BCUT2D eigenvalue weighted by atomic mass is 35.5. The lowest BCUT2D eigenvalue weighted by Crippen LogP contribution is -2.29. The summed E-state index contributed by atoms with van der Waals surface area (Å²) in [7, 11) is -6.58. The summed E-state index contributed by atoms with van der Waals surface area (Å²) in [5.74, 6) is -4.04. The first-order valence-corrected chi connectivity index (χ1v) is 7.12. The summed E-state index contributed by atoms with van der Waals surface area (Å²) >= 11 is 5.50. The minimum atomic E-state index is -6.58. The predicted molar refractivity (Wildman–Crippen MR) is 66.0 cm³/mol. The summed E-state index contributed by atoms with van der Waals surface area (Å²) in [6.45, 7) is 0. The van der Waals surface area contributed by atoms with Crippen molar-refractivity contribution in [2.24, 2.45) is 0 Å². The maximum Gasteiger partial charge on any atom is 0.534 e. The number of hydrogen-bond acceptors (Lipinski definition) is 4. The zero-order valence-corrected chi connectivity index (χ0v) is 12.1. The van der Waals surface area contributed by atoms with E-state index < -0.39 is 39.4 Å². The molecule has 1 aromatic carbocycles. The first-order chi connectivity index (χ1) is 10.2. The third kappa shape index (κ3) is 5.13. The van der Waals surface area contributed by atoms with Crippen molar-refractivity contribution in [1.29, 1.82) is 0 Å². The Kier molecular flexibility index (Phi) is 5.37. The molecule has 0 N–H and O–H groups in total. The van der Waals surface area contributed by atoms with E-state index in [0.29, 0.717) is 0 Å². The van der Waals surface area contributed by atoms with Crippen LogP contribution in [0, 0.1) is 0 Å². The molecule has 0 radical (unpaired) electrons. The fourth-order valence-corrected chi connectivity index (χ4v) is 1.73. The van der Waals surface area contributed by atoms with E-state index in [-0.39, 0.29) is 10.6 Å². The SMILES string of the molecule is O=C(C=C(OS(=O)(=O)C(F)(F)F)C(F)(F)F)c1ccc(Cl)cc1. The molecule has 0 aliphatic heterocycles. The van der Waals surface area contributed by atoms with Crippen molar-refractivity contribution in [3.8, 4) is 0 Å². The van der Waals surface area contributed by atoms with Crippen LogP contribution < -0.4 is 0 Å². The fraction of sp³-hybridized carbons (Fsp3) is 0.182. The zero-order chi connectivity index (χ0) is 18.1. The molecule has 12 heteroatoms. The van der Waals surface area contributed by atoms with Gasteiger partial charge >= 0.3 is 21.8 Å². The van der Waals surface area contributed by atoms with Crippen LogP contribution in [0.4, 0.5) is 26.3 Å². The Hall–Kier alpha value is -1.75. The lowest BCUT2D eigenvalue weighted by atomic mass is 10.1. The summed E-state index contributed by atoms with van der Waals surface area (Å²) in [4.78, 5) is 11.6. The van der Waals surface area contributed by atoms with Crippen molar-refractivity contribution in [3.63, 3.8) is 0 Å². The summed E-state index contributed by atoms with van der Waals surface area (Å²) in [5.41, 5.74) is -6.45. The Morgan fingerprint density at radius 1 is 1.04 bits per heavy atom. The molecule has 0 spiro atoms. The van der Waals surface area contributed by atoms with Crippen LogP contribution in [0.15, 0.2) is 36.1 Å². The highest BCUT2D eigenvalue weighted by molar-refractivity contribution is 7.87. The van der Waals surface area contributed by atoms with Crippen molar-refractivity contribution in [2.75, 3.05) is 0 Å². The number of alkyl halides is 6. The molecule has 23 heavy (non-hydrogen) atoms. The quantitative estimate of drug-likeness (QED) is 0.198. The Morgan fingerprint density at radius 3 is 1.91 bits per heavy atom. The van der Waals surface area contributed by atoms with Crippen LogP contribution in [0.2, 0.25) is 5.02 Å². The van der Waals surface area contributed by atoms with E-state index in [2.05, 4.69) is 4.18 Å². The molecule has 0 aliphatic carbocycles. The van der Waals surface area contributed by atoms with E-state index in [1.54, 1.807) is 0 Å². The predicted octanol–water partition coefficient (Wildman–Crippen LogP) is 3.84. The normalized spacial score (nSPS) is 13.8. The van der Waals surface area contributed by atoms with Gasteiger partial charge in [-0.1, -0.05) is 11.6 Å². The third-order valence-electron chi connectivity index (χ3n) is 2.15. The number of hydrogen-bond donors (Lipinski definition) is 0. The minimum absolute atomic E-state index is 0.150. The van der Waals surface area contributed by atoms with E-state index in [0.717, 1.165) is 24.3 Å². The Labute approximate surface area is 130 Å². The van der Waals surface area contributed by atoms with Crippen LogP contribution in [0.3, 0.4) is 0 Å². The van der Waals surface area contributed by atoms with Gasteiger partial charge < -0.3 is 4.18 Å². The van der Waals surface area contributed by atoms with Crippen LogP contribution >= 0.6 is 11.6 Å². The third-order valence-corrected chi connectivity index (χ3v) is 3.37. The van der Waals surface area contributed by atoms with Gasteiger partial charge in [-0.15, -0.1) is 0 Å². The molecule has 128 valence electrons. The van der Waals surface area contributed by atoms with Gasteiger partial charge in [-0.25, -0.2) is 0 Å². The van der Waals surface area contributed by atoms with Gasteiger partial charge in [0.05, 0.1) is 0 Å². The van der Waals surface area contributed by atoms with Gasteiger partial charge in [0.1, 0.15) is 0 Å². The Morgan fingerprint density at radius 2 is 1.52 bits per heavy atom. The maximum atomic E-state index is 12.6. The number of allylic oxidation sites excluding steroid dienone is 2. The van der Waals surface area contributed by atoms with E-state index in [4.69, 9.17) is 11.6 Å². The van der Waals surface area contributed by atoms with Gasteiger partial charge in [0.2, 0.25) is 5.76 Å². The molecule has 1 aromatic rings. The molecule has 0 saturated carbocycles. The first-order valence-electron chi connectivity index (χ1n) is 5.33.